The summed E-state index contributed by atoms with van der Waals surface area (Å²) in [4.78, 5) is 0. The van der Waals surface area contributed by atoms with E-state index >= 15 is 0 Å². The van der Waals surface area contributed by atoms with Crippen molar-refractivity contribution in [1.29, 1.82) is 10.5 Å². The predicted molar refractivity (Wildman–Crippen MR) is 78.3 cm³/mol. The van der Waals surface area contributed by atoms with Crippen LogP contribution >= 0.6 is 0 Å². The number of nitrogens with zero attached hydrogens (tertiary/aromatic N) is 2. The highest BCUT2D eigenvalue weighted by atomic mass is 16.5. The van der Waals surface area contributed by atoms with Gasteiger partial charge in [0.15, 0.2) is 5.76 Å². The van der Waals surface area contributed by atoms with Gasteiger partial charge < -0.3 is 14.9 Å². The van der Waals surface area contributed by atoms with Crippen LogP contribution in [-0.4, -0.2) is 0 Å². The summed E-state index contributed by atoms with van der Waals surface area (Å²) in [6, 6.07) is 16.7. The Morgan fingerprint density at radius 3 is 2.27 bits per heavy atom. The summed E-state index contributed by atoms with van der Waals surface area (Å²) >= 11 is 0. The summed E-state index contributed by atoms with van der Waals surface area (Å²) in [5.74, 6) is 0.157. The zero-order valence-corrected chi connectivity index (χ0v) is 11.5. The Kier molecular flexibility index (Phi) is 3.39. The van der Waals surface area contributed by atoms with Gasteiger partial charge in [-0.05, 0) is 12.1 Å². The molecule has 1 atom stereocenters. The van der Waals surface area contributed by atoms with E-state index in [1.54, 1.807) is 12.1 Å². The number of allylic oxidation sites excluding steroid dienone is 2. The van der Waals surface area contributed by atoms with Gasteiger partial charge in [0.1, 0.15) is 17.4 Å². The van der Waals surface area contributed by atoms with Crippen molar-refractivity contribution in [2.24, 2.45) is 5.73 Å². The van der Waals surface area contributed by atoms with E-state index in [4.69, 9.17) is 14.9 Å². The number of nitrogens with two attached hydrogens (primary N) is 1. The molecule has 3 rings (SSSR count). The first kappa shape index (κ1) is 13.5. The molecule has 0 aliphatic carbocycles. The van der Waals surface area contributed by atoms with Crippen molar-refractivity contribution >= 4 is 5.76 Å². The van der Waals surface area contributed by atoms with Gasteiger partial charge in [-0.1, -0.05) is 30.3 Å². The highest BCUT2D eigenvalue weighted by molar-refractivity contribution is 5.73. The predicted octanol–water partition coefficient (Wildman–Crippen LogP) is 3.02. The van der Waals surface area contributed by atoms with Gasteiger partial charge in [-0.15, -0.1) is 0 Å². The molecule has 0 bridgehead atoms. The topological polar surface area (TPSA) is 96.0 Å². The second-order valence-electron chi connectivity index (χ2n) is 4.66. The summed E-state index contributed by atoms with van der Waals surface area (Å²) in [5, 5.41) is 18.9. The maximum Gasteiger partial charge on any atom is 0.205 e. The van der Waals surface area contributed by atoms with Crippen LogP contribution in [0.3, 0.4) is 0 Å². The van der Waals surface area contributed by atoms with Crippen molar-refractivity contribution in [1.82, 2.24) is 0 Å². The molecule has 2 aromatic rings. The third-order valence-electron chi connectivity index (χ3n) is 3.40. The van der Waals surface area contributed by atoms with Gasteiger partial charge in [0.25, 0.3) is 0 Å². The molecule has 106 valence electrons. The Balaban J connectivity index is 2.23. The van der Waals surface area contributed by atoms with Gasteiger partial charge in [0.05, 0.1) is 23.8 Å². The molecule has 0 spiro atoms. The van der Waals surface area contributed by atoms with Crippen molar-refractivity contribution in [3.05, 3.63) is 77.1 Å². The fourth-order valence-corrected chi connectivity index (χ4v) is 2.42. The summed E-state index contributed by atoms with van der Waals surface area (Å²) in [6.07, 6.45) is 1.49. The third-order valence-corrected chi connectivity index (χ3v) is 3.40. The van der Waals surface area contributed by atoms with Crippen LogP contribution in [-0.2, 0) is 4.74 Å². The zero-order chi connectivity index (χ0) is 15.5. The van der Waals surface area contributed by atoms with Crippen LogP contribution in [0.2, 0.25) is 0 Å². The largest absolute Gasteiger partial charge is 0.468 e. The number of hydrogen-bond acceptors (Lipinski definition) is 5. The van der Waals surface area contributed by atoms with Gasteiger partial charge >= 0.3 is 0 Å². The normalized spacial score (nSPS) is 17.6. The van der Waals surface area contributed by atoms with E-state index in [9.17, 15) is 10.5 Å². The third kappa shape index (κ3) is 2.11. The standard InChI is InChI=1S/C17H11N3O2/c18-9-12-15(14-7-4-8-21-14)13(10-19)17(20)22-16(12)11-5-2-1-3-6-11/h1-8,15H,20H2/t15-/m0/s1. The Morgan fingerprint density at radius 2 is 1.68 bits per heavy atom. The highest BCUT2D eigenvalue weighted by Gasteiger charge is 2.35. The first-order valence-corrected chi connectivity index (χ1v) is 6.57. The SMILES string of the molecule is N#CC1=C(N)OC(c2ccccc2)=C(C#N)[C@@H]1c1ccco1. The molecular formula is C17H11N3O2. The minimum absolute atomic E-state index is 0.0123. The van der Waals surface area contributed by atoms with Crippen LogP contribution in [0.25, 0.3) is 5.76 Å². The lowest BCUT2D eigenvalue weighted by atomic mass is 9.86. The minimum Gasteiger partial charge on any atom is -0.468 e. The average Bonchev–Trinajstić information content (AvgIpc) is 3.08. The number of benzene rings is 1. The van der Waals surface area contributed by atoms with E-state index in [0.717, 1.165) is 5.56 Å². The number of rotatable bonds is 2. The molecule has 22 heavy (non-hydrogen) atoms. The summed E-state index contributed by atoms with van der Waals surface area (Å²) in [5.41, 5.74) is 7.07. The lowest BCUT2D eigenvalue weighted by Crippen LogP contribution is -2.19. The highest BCUT2D eigenvalue weighted by Crippen LogP contribution is 2.41. The smallest absolute Gasteiger partial charge is 0.205 e. The quantitative estimate of drug-likeness (QED) is 0.916. The van der Waals surface area contributed by atoms with Gasteiger partial charge in [-0.2, -0.15) is 10.5 Å². The number of ether oxygens (including phenoxy) is 1. The van der Waals surface area contributed by atoms with Crippen LogP contribution < -0.4 is 5.73 Å². The maximum absolute atomic E-state index is 9.59. The minimum atomic E-state index is -0.658. The first-order chi connectivity index (χ1) is 10.8. The van der Waals surface area contributed by atoms with Crippen molar-refractivity contribution in [2.75, 3.05) is 0 Å². The fraction of sp³-hybridized carbons (Fsp3) is 0.0588. The molecular weight excluding hydrogens is 278 g/mol. The van der Waals surface area contributed by atoms with Crippen molar-refractivity contribution in [3.63, 3.8) is 0 Å². The van der Waals surface area contributed by atoms with Crippen LogP contribution in [0.15, 0.2) is 70.2 Å². The molecule has 0 unspecified atom stereocenters. The van der Waals surface area contributed by atoms with Gasteiger partial charge in [0, 0.05) is 5.56 Å². The average molecular weight is 289 g/mol. The summed E-state index contributed by atoms with van der Waals surface area (Å²) in [7, 11) is 0. The van der Waals surface area contributed by atoms with Crippen LogP contribution in [0.1, 0.15) is 17.2 Å². The van der Waals surface area contributed by atoms with Gasteiger partial charge in [0.2, 0.25) is 5.88 Å². The van der Waals surface area contributed by atoms with Crippen LogP contribution in [0.5, 0.6) is 0 Å². The molecule has 0 amide bonds. The monoisotopic (exact) mass is 289 g/mol. The molecule has 5 nitrogen and oxygen atoms in total. The molecule has 0 saturated heterocycles. The second-order valence-corrected chi connectivity index (χ2v) is 4.66. The summed E-state index contributed by atoms with van der Waals surface area (Å²) < 4.78 is 10.9. The molecule has 1 aliphatic rings. The Labute approximate surface area is 127 Å². The Bertz CT molecular complexity index is 834. The molecule has 0 radical (unpaired) electrons. The molecule has 1 aliphatic heterocycles. The number of furan rings is 1. The summed E-state index contributed by atoms with van der Waals surface area (Å²) in [6.45, 7) is 0. The first-order valence-electron chi connectivity index (χ1n) is 6.57. The molecule has 5 heteroatoms. The molecule has 0 saturated carbocycles. The fourth-order valence-electron chi connectivity index (χ4n) is 2.42. The second kappa shape index (κ2) is 5.51. The van der Waals surface area contributed by atoms with Gasteiger partial charge in [-0.25, -0.2) is 0 Å². The van der Waals surface area contributed by atoms with E-state index in [0.29, 0.717) is 17.1 Å². The van der Waals surface area contributed by atoms with E-state index in [1.165, 1.54) is 6.26 Å². The molecule has 1 aromatic heterocycles. The van der Waals surface area contributed by atoms with Crippen molar-refractivity contribution in [2.45, 2.75) is 5.92 Å². The van der Waals surface area contributed by atoms with Crippen molar-refractivity contribution in [3.8, 4) is 12.1 Å². The number of hydrogen-bond donors (Lipinski definition) is 1. The zero-order valence-electron chi connectivity index (χ0n) is 11.5. The van der Waals surface area contributed by atoms with E-state index in [-0.39, 0.29) is 11.5 Å². The Morgan fingerprint density at radius 1 is 0.955 bits per heavy atom. The molecule has 0 fully saturated rings. The van der Waals surface area contributed by atoms with Crippen LogP contribution in [0, 0.1) is 22.7 Å². The van der Waals surface area contributed by atoms with E-state index in [2.05, 4.69) is 6.07 Å². The van der Waals surface area contributed by atoms with E-state index < -0.39 is 5.92 Å². The maximum atomic E-state index is 9.59. The molecule has 1 aromatic carbocycles. The van der Waals surface area contributed by atoms with Gasteiger partial charge in [-0.3, -0.25) is 0 Å². The van der Waals surface area contributed by atoms with E-state index in [1.807, 2.05) is 36.4 Å². The number of nitriles is 2. The van der Waals surface area contributed by atoms with Crippen LogP contribution in [0.4, 0.5) is 0 Å². The van der Waals surface area contributed by atoms with Crippen molar-refractivity contribution < 1.29 is 9.15 Å². The lowest BCUT2D eigenvalue weighted by Gasteiger charge is -2.24. The lowest BCUT2D eigenvalue weighted by molar-refractivity contribution is 0.352. The molecule has 2 N–H and O–H groups in total. The molecule has 2 heterocycles. The Hall–Kier alpha value is -3.44.